The van der Waals surface area contributed by atoms with Crippen LogP contribution in [0.3, 0.4) is 0 Å². The molecule has 3 unspecified atom stereocenters. The lowest BCUT2D eigenvalue weighted by Crippen LogP contribution is -2.59. The number of fused-ring (bicyclic) bond motifs is 2. The van der Waals surface area contributed by atoms with Crippen LogP contribution in [0.1, 0.15) is 58.6 Å². The number of alkyl carbamates (subject to hydrolysis) is 1. The number of nitrogens with one attached hydrogen (secondary N) is 3. The van der Waals surface area contributed by atoms with Gasteiger partial charge in [-0.05, 0) is 65.4 Å². The molecule has 1 aromatic rings. The topological polar surface area (TPSA) is 134 Å². The van der Waals surface area contributed by atoms with E-state index in [2.05, 4.69) is 43.0 Å². The molecule has 45 heavy (non-hydrogen) atoms. The average Bonchev–Trinajstić information content (AvgIpc) is 3.36. The zero-order chi connectivity index (χ0) is 33.1. The van der Waals surface area contributed by atoms with Crippen LogP contribution in [-0.4, -0.2) is 72.3 Å². The van der Waals surface area contributed by atoms with E-state index in [1.54, 1.807) is 11.0 Å². The second-order valence-corrected chi connectivity index (χ2v) is 14.4. The van der Waals surface area contributed by atoms with Gasteiger partial charge in [-0.15, -0.1) is 13.2 Å². The van der Waals surface area contributed by atoms with Gasteiger partial charge in [0.25, 0.3) is 5.91 Å². The van der Waals surface area contributed by atoms with Crippen LogP contribution in [0.15, 0.2) is 49.6 Å². The van der Waals surface area contributed by atoms with E-state index < -0.39 is 41.8 Å². The van der Waals surface area contributed by atoms with Crippen molar-refractivity contribution in [1.29, 1.82) is 0 Å². The number of allylic oxidation sites excluding steroid dienone is 1. The number of piperidine rings is 1. The van der Waals surface area contributed by atoms with Gasteiger partial charge < -0.3 is 25.6 Å². The number of amides is 4. The van der Waals surface area contributed by atoms with Crippen molar-refractivity contribution < 1.29 is 28.7 Å². The number of hydrogen-bond acceptors (Lipinski definition) is 6. The van der Waals surface area contributed by atoms with Crippen LogP contribution in [0.25, 0.3) is 0 Å². The standard InChI is InChI=1S/C35H48N4O6/c1-8-10-15-25(29(40)31(42)36-16-9-2)37-30(41)28-26-24(35(26,6)7)19-39(28)32(43)27(38-33(44)45-20-34(3,4)5)23-17-21-13-11-12-14-22(21)18-23/h8-9,11-14,23-28H,1-2,10,15-20H2,3-7H3,(H,36,42)(H,37,41)(H,38,44)/t24?,25?,26?,27-,28-/m0/s1. The summed E-state index contributed by atoms with van der Waals surface area (Å²) in [5.41, 5.74) is 1.82. The van der Waals surface area contributed by atoms with Crippen LogP contribution in [0.2, 0.25) is 0 Å². The van der Waals surface area contributed by atoms with Crippen LogP contribution in [0, 0.1) is 28.6 Å². The molecule has 1 saturated carbocycles. The number of ether oxygens (including phenoxy) is 1. The van der Waals surface area contributed by atoms with Gasteiger partial charge in [0.2, 0.25) is 17.6 Å². The lowest BCUT2D eigenvalue weighted by molar-refractivity contribution is -0.144. The van der Waals surface area contributed by atoms with Gasteiger partial charge in [0.05, 0.1) is 12.6 Å². The largest absolute Gasteiger partial charge is 0.449 e. The van der Waals surface area contributed by atoms with E-state index in [4.69, 9.17) is 4.74 Å². The van der Waals surface area contributed by atoms with Crippen LogP contribution in [-0.2, 0) is 36.8 Å². The van der Waals surface area contributed by atoms with E-state index in [0.29, 0.717) is 25.8 Å². The highest BCUT2D eigenvalue weighted by Gasteiger charge is 2.69. The first kappa shape index (κ1) is 33.9. The smallest absolute Gasteiger partial charge is 0.407 e. The predicted octanol–water partition coefficient (Wildman–Crippen LogP) is 3.35. The monoisotopic (exact) mass is 620 g/mol. The Bertz CT molecular complexity index is 1320. The number of carbonyl (C=O) groups excluding carboxylic acids is 5. The first-order valence-corrected chi connectivity index (χ1v) is 15.8. The molecule has 1 saturated heterocycles. The molecular weight excluding hydrogens is 572 g/mol. The number of nitrogens with zero attached hydrogens (tertiary/aromatic N) is 1. The minimum absolute atomic E-state index is 0.0877. The molecule has 244 valence electrons. The predicted molar refractivity (Wildman–Crippen MR) is 171 cm³/mol. The van der Waals surface area contributed by atoms with E-state index in [1.807, 2.05) is 45.0 Å². The van der Waals surface area contributed by atoms with E-state index >= 15 is 0 Å². The molecule has 4 amide bonds. The third kappa shape index (κ3) is 7.65. The van der Waals surface area contributed by atoms with E-state index in [-0.39, 0.29) is 54.1 Å². The highest BCUT2D eigenvalue weighted by Crippen LogP contribution is 2.65. The normalized spacial score (nSPS) is 22.7. The number of likely N-dealkylation sites (tertiary alicyclic amines) is 1. The fourth-order valence-corrected chi connectivity index (χ4v) is 6.87. The third-order valence-electron chi connectivity index (χ3n) is 9.41. The number of Topliss-reactive ketones (excluding diaryl/α,β-unsaturated/α-hetero) is 1. The van der Waals surface area contributed by atoms with Crippen molar-refractivity contribution in [3.05, 3.63) is 60.7 Å². The molecule has 4 rings (SSSR count). The van der Waals surface area contributed by atoms with Gasteiger partial charge >= 0.3 is 6.09 Å². The Morgan fingerprint density at radius 3 is 2.27 bits per heavy atom. The third-order valence-corrected chi connectivity index (χ3v) is 9.41. The van der Waals surface area contributed by atoms with Crippen LogP contribution in [0.4, 0.5) is 4.79 Å². The summed E-state index contributed by atoms with van der Waals surface area (Å²) in [4.78, 5) is 68.6. The average molecular weight is 621 g/mol. The van der Waals surface area contributed by atoms with Crippen molar-refractivity contribution in [1.82, 2.24) is 20.9 Å². The summed E-state index contributed by atoms with van der Waals surface area (Å²) in [7, 11) is 0. The van der Waals surface area contributed by atoms with Crippen LogP contribution < -0.4 is 16.0 Å². The van der Waals surface area contributed by atoms with Gasteiger partial charge in [-0.25, -0.2) is 4.79 Å². The Labute approximate surface area is 266 Å². The number of rotatable bonds is 13. The molecule has 3 N–H and O–H groups in total. The van der Waals surface area contributed by atoms with Crippen molar-refractivity contribution in [3.63, 3.8) is 0 Å². The Morgan fingerprint density at radius 1 is 1.04 bits per heavy atom. The zero-order valence-corrected chi connectivity index (χ0v) is 27.2. The lowest BCUT2D eigenvalue weighted by atomic mass is 9.93. The number of carbonyl (C=O) groups is 5. The van der Waals surface area contributed by atoms with Gasteiger partial charge in [0.15, 0.2) is 0 Å². The van der Waals surface area contributed by atoms with Gasteiger partial charge in [-0.3, -0.25) is 19.2 Å². The van der Waals surface area contributed by atoms with Gasteiger partial charge in [-0.2, -0.15) is 0 Å². The Morgan fingerprint density at radius 2 is 1.69 bits per heavy atom. The SMILES string of the molecule is C=CCCC(NC(=O)[C@@H]1C2C(CN1C(=O)[C@@H](NC(=O)OCC(C)(C)C)C1Cc3ccccc3C1)C2(C)C)C(=O)C(=O)NCC=C. The van der Waals surface area contributed by atoms with Gasteiger partial charge in [0.1, 0.15) is 12.1 Å². The Hall–Kier alpha value is -3.95. The second-order valence-electron chi connectivity index (χ2n) is 14.4. The first-order valence-electron chi connectivity index (χ1n) is 15.8. The molecule has 2 aliphatic carbocycles. The van der Waals surface area contributed by atoms with E-state index in [0.717, 1.165) is 11.1 Å². The molecule has 3 aliphatic rings. The second kappa shape index (κ2) is 13.6. The molecule has 1 aromatic carbocycles. The fourth-order valence-electron chi connectivity index (χ4n) is 6.87. The molecular formula is C35H48N4O6. The summed E-state index contributed by atoms with van der Waals surface area (Å²) in [6.45, 7) is 17.9. The maximum Gasteiger partial charge on any atom is 0.407 e. The summed E-state index contributed by atoms with van der Waals surface area (Å²) < 4.78 is 5.50. The van der Waals surface area contributed by atoms with Gasteiger partial charge in [-0.1, -0.05) is 71.0 Å². The van der Waals surface area contributed by atoms with Crippen molar-refractivity contribution in [2.24, 2.45) is 28.6 Å². The summed E-state index contributed by atoms with van der Waals surface area (Å²) in [5.74, 6) is -2.66. The zero-order valence-electron chi connectivity index (χ0n) is 27.2. The number of ketones is 1. The molecule has 0 aromatic heterocycles. The molecule has 5 atom stereocenters. The first-order chi connectivity index (χ1) is 21.2. The fraction of sp³-hybridized carbons (Fsp3) is 0.571. The highest BCUT2D eigenvalue weighted by molar-refractivity contribution is 6.38. The van der Waals surface area contributed by atoms with Gasteiger partial charge in [0, 0.05) is 13.1 Å². The summed E-state index contributed by atoms with van der Waals surface area (Å²) in [5, 5.41) is 8.15. The minimum atomic E-state index is -1.08. The highest BCUT2D eigenvalue weighted by atomic mass is 16.5. The van der Waals surface area contributed by atoms with Crippen LogP contribution >= 0.6 is 0 Å². The minimum Gasteiger partial charge on any atom is -0.449 e. The molecule has 1 aliphatic heterocycles. The lowest BCUT2D eigenvalue weighted by Gasteiger charge is -2.35. The van der Waals surface area contributed by atoms with Crippen molar-refractivity contribution in [3.8, 4) is 0 Å². The molecule has 0 spiro atoms. The maximum atomic E-state index is 14.5. The van der Waals surface area contributed by atoms with Crippen LogP contribution in [0.5, 0.6) is 0 Å². The summed E-state index contributed by atoms with van der Waals surface area (Å²) in [6, 6.07) is 5.13. The van der Waals surface area contributed by atoms with Crippen molar-refractivity contribution in [2.45, 2.75) is 78.4 Å². The van der Waals surface area contributed by atoms with E-state index in [1.165, 1.54) is 6.08 Å². The number of benzene rings is 1. The molecule has 10 nitrogen and oxygen atoms in total. The maximum absolute atomic E-state index is 14.5. The summed E-state index contributed by atoms with van der Waals surface area (Å²) >= 11 is 0. The van der Waals surface area contributed by atoms with E-state index in [9.17, 15) is 24.0 Å². The molecule has 10 heteroatoms. The quantitative estimate of drug-likeness (QED) is 0.229. The number of hydrogen-bond donors (Lipinski definition) is 3. The molecule has 2 fully saturated rings. The summed E-state index contributed by atoms with van der Waals surface area (Å²) in [6.07, 6.45) is 4.21. The van der Waals surface area contributed by atoms with Crippen molar-refractivity contribution >= 4 is 29.6 Å². The Kier molecular flexibility index (Phi) is 10.2. The molecule has 0 radical (unpaired) electrons. The molecule has 1 heterocycles. The Balaban J connectivity index is 1.58. The molecule has 0 bridgehead atoms. The van der Waals surface area contributed by atoms with Crippen molar-refractivity contribution in [2.75, 3.05) is 19.7 Å².